The molecule has 3 heteroatoms. The topological polar surface area (TPSA) is 24.9 Å². The van der Waals surface area contributed by atoms with Gasteiger partial charge >= 0.3 is 0 Å². The molecule has 0 aliphatic rings. The van der Waals surface area contributed by atoms with E-state index in [1.54, 1.807) is 11.3 Å². The molecule has 0 aromatic carbocycles. The van der Waals surface area contributed by atoms with Gasteiger partial charge in [0.25, 0.3) is 0 Å². The van der Waals surface area contributed by atoms with Crippen molar-refractivity contribution in [3.8, 4) is 0 Å². The van der Waals surface area contributed by atoms with Crippen LogP contribution in [0.5, 0.6) is 0 Å². The van der Waals surface area contributed by atoms with E-state index in [0.29, 0.717) is 0 Å². The van der Waals surface area contributed by atoms with Gasteiger partial charge in [-0.25, -0.2) is 4.98 Å². The van der Waals surface area contributed by atoms with E-state index in [1.807, 2.05) is 6.08 Å². The van der Waals surface area contributed by atoms with E-state index in [4.69, 9.17) is 0 Å². The molecule has 0 aliphatic carbocycles. The highest BCUT2D eigenvalue weighted by atomic mass is 32.1. The Kier molecular flexibility index (Phi) is 4.12. The highest BCUT2D eigenvalue weighted by Crippen LogP contribution is 2.15. The lowest BCUT2D eigenvalue weighted by Crippen LogP contribution is -2.13. The van der Waals surface area contributed by atoms with Gasteiger partial charge in [-0.3, -0.25) is 0 Å². The fourth-order valence-electron chi connectivity index (χ4n) is 1.01. The largest absolute Gasteiger partial charge is 0.310 e. The average Bonchev–Trinajstić information content (AvgIpc) is 2.41. The summed E-state index contributed by atoms with van der Waals surface area (Å²) in [5.41, 5.74) is 1.16. The van der Waals surface area contributed by atoms with Gasteiger partial charge in [0.15, 0.2) is 0 Å². The van der Waals surface area contributed by atoms with Crippen molar-refractivity contribution in [2.75, 3.05) is 6.54 Å². The summed E-state index contributed by atoms with van der Waals surface area (Å²) >= 11 is 1.77. The van der Waals surface area contributed by atoms with Crippen LogP contribution in [-0.2, 0) is 6.54 Å². The minimum Gasteiger partial charge on any atom is -0.310 e. The van der Waals surface area contributed by atoms with Gasteiger partial charge in [0.2, 0.25) is 0 Å². The van der Waals surface area contributed by atoms with E-state index in [-0.39, 0.29) is 0 Å². The third kappa shape index (κ3) is 3.28. The molecule has 0 aliphatic heterocycles. The van der Waals surface area contributed by atoms with E-state index >= 15 is 0 Å². The molecular formula is C10H16N2S. The molecule has 0 saturated carbocycles. The molecule has 1 N–H and O–H groups in total. The fraction of sp³-hybridized carbons (Fsp3) is 0.500. The van der Waals surface area contributed by atoms with Crippen molar-refractivity contribution in [2.45, 2.75) is 26.8 Å². The second-order valence-electron chi connectivity index (χ2n) is 3.00. The summed E-state index contributed by atoms with van der Waals surface area (Å²) < 4.78 is 0. The van der Waals surface area contributed by atoms with Crippen LogP contribution in [0.2, 0.25) is 0 Å². The van der Waals surface area contributed by atoms with Gasteiger partial charge in [-0.05, 0) is 26.8 Å². The van der Waals surface area contributed by atoms with Crippen molar-refractivity contribution >= 4 is 11.3 Å². The van der Waals surface area contributed by atoms with E-state index < -0.39 is 0 Å². The van der Waals surface area contributed by atoms with Gasteiger partial charge in [0, 0.05) is 11.4 Å². The number of aromatic nitrogens is 1. The van der Waals surface area contributed by atoms with Crippen LogP contribution in [0, 0.1) is 13.8 Å². The minimum atomic E-state index is 0.882. The lowest BCUT2D eigenvalue weighted by atomic mass is 10.4. The monoisotopic (exact) mass is 196 g/mol. The molecule has 0 bridgehead atoms. The molecule has 0 saturated heterocycles. The van der Waals surface area contributed by atoms with Crippen LogP contribution >= 0.6 is 11.3 Å². The molecule has 0 spiro atoms. The first-order valence-electron chi connectivity index (χ1n) is 4.48. The molecule has 0 atom stereocenters. The van der Waals surface area contributed by atoms with Gasteiger partial charge in [-0.2, -0.15) is 0 Å². The van der Waals surface area contributed by atoms with Crippen LogP contribution in [-0.4, -0.2) is 11.5 Å². The van der Waals surface area contributed by atoms with Crippen molar-refractivity contribution in [1.29, 1.82) is 0 Å². The number of nitrogens with one attached hydrogen (secondary N) is 1. The lowest BCUT2D eigenvalue weighted by molar-refractivity contribution is 0.691. The van der Waals surface area contributed by atoms with Gasteiger partial charge in [0.05, 0.1) is 5.69 Å². The molecule has 0 unspecified atom stereocenters. The van der Waals surface area contributed by atoms with Crippen molar-refractivity contribution < 1.29 is 0 Å². The average molecular weight is 196 g/mol. The summed E-state index contributed by atoms with van der Waals surface area (Å²) in [6.07, 6.45) is 2.94. The summed E-state index contributed by atoms with van der Waals surface area (Å²) in [5.74, 6) is 0. The number of thiazole rings is 1. The second-order valence-corrected chi connectivity index (χ2v) is 4.29. The highest BCUT2D eigenvalue weighted by molar-refractivity contribution is 7.11. The van der Waals surface area contributed by atoms with Gasteiger partial charge in [0.1, 0.15) is 5.01 Å². The number of hydrogen-bond acceptors (Lipinski definition) is 3. The molecule has 72 valence electrons. The van der Waals surface area contributed by atoms with Gasteiger partial charge in [-0.1, -0.05) is 6.08 Å². The smallest absolute Gasteiger partial charge is 0.107 e. The number of aryl methyl sites for hydroxylation is 2. The zero-order valence-electron chi connectivity index (χ0n) is 8.26. The molecule has 1 heterocycles. The van der Waals surface area contributed by atoms with Crippen molar-refractivity contribution in [2.24, 2.45) is 0 Å². The first-order chi connectivity index (χ1) is 6.24. The van der Waals surface area contributed by atoms with E-state index in [2.05, 4.69) is 30.7 Å². The molecule has 0 radical (unpaired) electrons. The second kappa shape index (κ2) is 5.14. The molecule has 0 amide bonds. The van der Waals surface area contributed by atoms with Crippen LogP contribution in [0.15, 0.2) is 12.7 Å². The van der Waals surface area contributed by atoms with Gasteiger partial charge in [-0.15, -0.1) is 17.9 Å². The maximum Gasteiger partial charge on any atom is 0.107 e. The fourth-order valence-corrected chi connectivity index (χ4v) is 1.92. The Labute approximate surface area is 83.7 Å². The van der Waals surface area contributed by atoms with Crippen LogP contribution in [0.1, 0.15) is 22.0 Å². The molecule has 0 fully saturated rings. The van der Waals surface area contributed by atoms with Crippen LogP contribution < -0.4 is 5.32 Å². The Bertz CT molecular complexity index is 259. The Hall–Kier alpha value is -0.670. The Morgan fingerprint density at radius 2 is 2.31 bits per heavy atom. The summed E-state index contributed by atoms with van der Waals surface area (Å²) in [4.78, 5) is 5.76. The first-order valence-corrected chi connectivity index (χ1v) is 5.30. The Morgan fingerprint density at radius 3 is 2.85 bits per heavy atom. The van der Waals surface area contributed by atoms with Gasteiger partial charge < -0.3 is 5.32 Å². The maximum absolute atomic E-state index is 4.44. The molecule has 2 nitrogen and oxygen atoms in total. The summed E-state index contributed by atoms with van der Waals surface area (Å²) in [7, 11) is 0. The van der Waals surface area contributed by atoms with Crippen molar-refractivity contribution in [3.63, 3.8) is 0 Å². The Balaban J connectivity index is 2.32. The molecule has 1 aromatic heterocycles. The van der Waals surface area contributed by atoms with E-state index in [1.165, 1.54) is 9.88 Å². The third-order valence-corrected chi connectivity index (χ3v) is 2.95. The molecule has 1 rings (SSSR count). The molecule has 13 heavy (non-hydrogen) atoms. The molecular weight excluding hydrogens is 180 g/mol. The predicted octanol–water partition coefficient (Wildman–Crippen LogP) is 2.43. The number of rotatable bonds is 5. The van der Waals surface area contributed by atoms with Crippen LogP contribution in [0.3, 0.4) is 0 Å². The SMILES string of the molecule is C=CCCNCc1nc(C)c(C)s1. The standard InChI is InChI=1S/C10H16N2S/c1-4-5-6-11-7-10-12-8(2)9(3)13-10/h4,11H,1,5-7H2,2-3H3. The van der Waals surface area contributed by atoms with Crippen LogP contribution in [0.25, 0.3) is 0 Å². The first kappa shape index (κ1) is 10.4. The molecule has 1 aromatic rings. The van der Waals surface area contributed by atoms with E-state index in [9.17, 15) is 0 Å². The maximum atomic E-state index is 4.44. The predicted molar refractivity (Wildman–Crippen MR) is 58.1 cm³/mol. The highest BCUT2D eigenvalue weighted by Gasteiger charge is 2.01. The lowest BCUT2D eigenvalue weighted by Gasteiger charge is -1.97. The zero-order chi connectivity index (χ0) is 9.68. The minimum absolute atomic E-state index is 0.882. The number of nitrogens with zero attached hydrogens (tertiary/aromatic N) is 1. The Morgan fingerprint density at radius 1 is 1.54 bits per heavy atom. The number of hydrogen-bond donors (Lipinski definition) is 1. The normalized spacial score (nSPS) is 10.3. The summed E-state index contributed by atoms with van der Waals surface area (Å²) in [6, 6.07) is 0. The van der Waals surface area contributed by atoms with Crippen LogP contribution in [0.4, 0.5) is 0 Å². The van der Waals surface area contributed by atoms with Crippen molar-refractivity contribution in [1.82, 2.24) is 10.3 Å². The van der Waals surface area contributed by atoms with Crippen molar-refractivity contribution in [3.05, 3.63) is 28.2 Å². The van der Waals surface area contributed by atoms with E-state index in [0.717, 1.165) is 25.2 Å². The summed E-state index contributed by atoms with van der Waals surface area (Å²) in [5, 5.41) is 4.50. The zero-order valence-corrected chi connectivity index (χ0v) is 9.08. The quantitative estimate of drug-likeness (QED) is 0.578. The third-order valence-electron chi connectivity index (χ3n) is 1.87. The summed E-state index contributed by atoms with van der Waals surface area (Å²) in [6.45, 7) is 9.71.